The van der Waals surface area contributed by atoms with Gasteiger partial charge in [-0.2, -0.15) is 0 Å². The SMILES string of the molecule is CC(C)S(=O)(=O)CCC(=O)C1(CN)CCCC1. The molecule has 1 rings (SSSR count). The maximum Gasteiger partial charge on any atom is 0.153 e. The lowest BCUT2D eigenvalue weighted by Crippen LogP contribution is -2.37. The van der Waals surface area contributed by atoms with Gasteiger partial charge in [-0.1, -0.05) is 12.8 Å². The molecular formula is C12H23NO3S. The Morgan fingerprint density at radius 2 is 1.82 bits per heavy atom. The third kappa shape index (κ3) is 3.28. The average molecular weight is 261 g/mol. The van der Waals surface area contributed by atoms with E-state index in [0.29, 0.717) is 6.54 Å². The lowest BCUT2D eigenvalue weighted by molar-refractivity contribution is -0.127. The number of rotatable bonds is 6. The molecule has 0 spiro atoms. The number of carbonyl (C=O) groups excluding carboxylic acids is 1. The summed E-state index contributed by atoms with van der Waals surface area (Å²) in [5, 5.41) is -0.410. The summed E-state index contributed by atoms with van der Waals surface area (Å²) >= 11 is 0. The minimum Gasteiger partial charge on any atom is -0.329 e. The molecule has 17 heavy (non-hydrogen) atoms. The second kappa shape index (κ2) is 5.48. The summed E-state index contributed by atoms with van der Waals surface area (Å²) in [6.45, 7) is 3.65. The Hall–Kier alpha value is -0.420. The Morgan fingerprint density at radius 1 is 1.29 bits per heavy atom. The molecule has 1 fully saturated rings. The first-order valence-corrected chi connectivity index (χ1v) is 8.00. The van der Waals surface area contributed by atoms with E-state index in [0.717, 1.165) is 25.7 Å². The molecule has 1 saturated carbocycles. The van der Waals surface area contributed by atoms with Crippen LogP contribution in [0.15, 0.2) is 0 Å². The van der Waals surface area contributed by atoms with Gasteiger partial charge in [-0.25, -0.2) is 8.42 Å². The minimum atomic E-state index is -3.12. The molecule has 2 N–H and O–H groups in total. The number of Topliss-reactive ketones (excluding diaryl/α,β-unsaturated/α-hetero) is 1. The van der Waals surface area contributed by atoms with Crippen molar-refractivity contribution in [2.45, 2.75) is 51.2 Å². The van der Waals surface area contributed by atoms with E-state index in [1.165, 1.54) is 0 Å². The Balaban J connectivity index is 2.61. The average Bonchev–Trinajstić information content (AvgIpc) is 2.75. The van der Waals surface area contributed by atoms with E-state index in [2.05, 4.69) is 0 Å². The molecule has 0 radical (unpaired) electrons. The highest BCUT2D eigenvalue weighted by molar-refractivity contribution is 7.91. The van der Waals surface area contributed by atoms with Gasteiger partial charge in [-0.05, 0) is 26.7 Å². The van der Waals surface area contributed by atoms with Crippen molar-refractivity contribution in [3.8, 4) is 0 Å². The second-order valence-electron chi connectivity index (χ2n) is 5.28. The molecule has 0 aromatic heterocycles. The summed E-state index contributed by atoms with van der Waals surface area (Å²) in [5.41, 5.74) is 5.27. The second-order valence-corrected chi connectivity index (χ2v) is 7.96. The maximum atomic E-state index is 12.1. The Morgan fingerprint density at radius 3 is 2.24 bits per heavy atom. The summed E-state index contributed by atoms with van der Waals surface area (Å²) in [4.78, 5) is 12.1. The third-order valence-electron chi connectivity index (χ3n) is 3.87. The molecule has 1 aliphatic carbocycles. The van der Waals surface area contributed by atoms with Gasteiger partial charge >= 0.3 is 0 Å². The highest BCUT2D eigenvalue weighted by atomic mass is 32.2. The van der Waals surface area contributed by atoms with Crippen LogP contribution < -0.4 is 5.73 Å². The molecular weight excluding hydrogens is 238 g/mol. The van der Waals surface area contributed by atoms with Crippen LogP contribution in [0.5, 0.6) is 0 Å². The largest absolute Gasteiger partial charge is 0.329 e. The van der Waals surface area contributed by atoms with E-state index < -0.39 is 20.5 Å². The van der Waals surface area contributed by atoms with Gasteiger partial charge in [-0.3, -0.25) is 4.79 Å². The van der Waals surface area contributed by atoms with Gasteiger partial charge in [0.2, 0.25) is 0 Å². The zero-order valence-electron chi connectivity index (χ0n) is 10.7. The fourth-order valence-corrected chi connectivity index (χ4v) is 3.33. The van der Waals surface area contributed by atoms with Gasteiger partial charge in [0.05, 0.1) is 11.0 Å². The van der Waals surface area contributed by atoms with E-state index in [1.807, 2.05) is 0 Å². The van der Waals surface area contributed by atoms with Crippen LogP contribution in [-0.4, -0.2) is 31.7 Å². The van der Waals surface area contributed by atoms with Crippen LogP contribution in [0.4, 0.5) is 0 Å². The lowest BCUT2D eigenvalue weighted by Gasteiger charge is -2.25. The van der Waals surface area contributed by atoms with Crippen LogP contribution >= 0.6 is 0 Å². The quantitative estimate of drug-likeness (QED) is 0.781. The molecule has 0 unspecified atom stereocenters. The molecule has 0 saturated heterocycles. The summed E-state index contributed by atoms with van der Waals surface area (Å²) in [6, 6.07) is 0. The Labute approximate surface area is 104 Å². The van der Waals surface area contributed by atoms with Crippen LogP contribution in [0, 0.1) is 5.41 Å². The number of hydrogen-bond donors (Lipinski definition) is 1. The predicted octanol–water partition coefficient (Wildman–Crippen LogP) is 1.29. The van der Waals surface area contributed by atoms with Gasteiger partial charge in [0, 0.05) is 18.4 Å². The number of hydrogen-bond acceptors (Lipinski definition) is 4. The Bertz CT molecular complexity index is 367. The van der Waals surface area contributed by atoms with Crippen molar-refractivity contribution in [3.05, 3.63) is 0 Å². The smallest absolute Gasteiger partial charge is 0.153 e. The summed E-state index contributed by atoms with van der Waals surface area (Å²) in [7, 11) is -3.12. The molecule has 5 heteroatoms. The van der Waals surface area contributed by atoms with Crippen molar-refractivity contribution in [2.24, 2.45) is 11.1 Å². The molecule has 100 valence electrons. The van der Waals surface area contributed by atoms with E-state index in [4.69, 9.17) is 5.73 Å². The number of carbonyl (C=O) groups is 1. The first-order valence-electron chi connectivity index (χ1n) is 6.29. The topological polar surface area (TPSA) is 77.2 Å². The molecule has 1 aliphatic rings. The fourth-order valence-electron chi connectivity index (χ4n) is 2.38. The lowest BCUT2D eigenvalue weighted by atomic mass is 9.81. The monoisotopic (exact) mass is 261 g/mol. The molecule has 0 aliphatic heterocycles. The number of nitrogens with two attached hydrogens (primary N) is 1. The number of ketones is 1. The van der Waals surface area contributed by atoms with Crippen LogP contribution in [0.3, 0.4) is 0 Å². The first kappa shape index (κ1) is 14.6. The Kier molecular flexibility index (Phi) is 4.72. The van der Waals surface area contributed by atoms with Crippen molar-refractivity contribution >= 4 is 15.6 Å². The van der Waals surface area contributed by atoms with Crippen molar-refractivity contribution in [1.29, 1.82) is 0 Å². The predicted molar refractivity (Wildman–Crippen MR) is 68.5 cm³/mol. The maximum absolute atomic E-state index is 12.1. The third-order valence-corrected chi connectivity index (χ3v) is 6.08. The van der Waals surface area contributed by atoms with Gasteiger partial charge in [0.25, 0.3) is 0 Å². The fraction of sp³-hybridized carbons (Fsp3) is 0.917. The summed E-state index contributed by atoms with van der Waals surface area (Å²) in [5.74, 6) is 0.00681. The van der Waals surface area contributed by atoms with Gasteiger partial charge < -0.3 is 5.73 Å². The van der Waals surface area contributed by atoms with Crippen LogP contribution in [0.1, 0.15) is 46.0 Å². The summed E-state index contributed by atoms with van der Waals surface area (Å²) in [6.07, 6.45) is 3.82. The van der Waals surface area contributed by atoms with Gasteiger partial charge in [-0.15, -0.1) is 0 Å². The van der Waals surface area contributed by atoms with Crippen molar-refractivity contribution in [1.82, 2.24) is 0 Å². The molecule has 0 bridgehead atoms. The number of sulfone groups is 1. The molecule has 0 amide bonds. The van der Waals surface area contributed by atoms with Crippen molar-refractivity contribution in [2.75, 3.05) is 12.3 Å². The van der Waals surface area contributed by atoms with Crippen LogP contribution in [0.25, 0.3) is 0 Å². The standard InChI is InChI=1S/C12H23NO3S/c1-10(2)17(15,16)8-5-11(14)12(9-13)6-3-4-7-12/h10H,3-9,13H2,1-2H3. The van der Waals surface area contributed by atoms with Crippen molar-refractivity contribution in [3.63, 3.8) is 0 Å². The zero-order valence-corrected chi connectivity index (χ0v) is 11.6. The minimum absolute atomic E-state index is 0.0365. The van der Waals surface area contributed by atoms with Crippen molar-refractivity contribution < 1.29 is 13.2 Å². The van der Waals surface area contributed by atoms with Crippen LogP contribution in [-0.2, 0) is 14.6 Å². The summed E-state index contributed by atoms with van der Waals surface area (Å²) < 4.78 is 23.3. The highest BCUT2D eigenvalue weighted by Gasteiger charge is 2.39. The normalized spacial score (nSPS) is 19.8. The van der Waals surface area contributed by atoms with Gasteiger partial charge in [0.15, 0.2) is 9.84 Å². The van der Waals surface area contributed by atoms with Gasteiger partial charge in [0.1, 0.15) is 5.78 Å². The zero-order chi connectivity index (χ0) is 13.1. The molecule has 0 aromatic rings. The molecule has 4 nitrogen and oxygen atoms in total. The highest BCUT2D eigenvalue weighted by Crippen LogP contribution is 2.38. The first-order chi connectivity index (χ1) is 7.84. The van der Waals surface area contributed by atoms with E-state index in [-0.39, 0.29) is 18.0 Å². The van der Waals surface area contributed by atoms with E-state index in [1.54, 1.807) is 13.8 Å². The van der Waals surface area contributed by atoms with Crippen LogP contribution in [0.2, 0.25) is 0 Å². The van der Waals surface area contributed by atoms with E-state index in [9.17, 15) is 13.2 Å². The molecule has 0 heterocycles. The molecule has 0 aromatic carbocycles. The van der Waals surface area contributed by atoms with E-state index >= 15 is 0 Å². The molecule has 0 atom stereocenters.